The molecule has 0 amide bonds. The second-order valence-electron chi connectivity index (χ2n) is 0.431. The number of hydrogen-bond acceptors (Lipinski definition) is 3. The normalized spacial score (nSPS) is 8.43. The van der Waals surface area contributed by atoms with Crippen molar-refractivity contribution in [1.82, 2.24) is 0 Å². The van der Waals surface area contributed by atoms with E-state index in [0.717, 1.165) is 0 Å². The van der Waals surface area contributed by atoms with Gasteiger partial charge in [-0.1, -0.05) is 0 Å². The molecule has 0 atom stereocenters. The van der Waals surface area contributed by atoms with Gasteiger partial charge in [0, 0.05) is 0 Å². The number of halogens is 1. The first-order chi connectivity index (χ1) is 2.00. The average Bonchev–Trinajstić information content (AvgIpc) is 0.722. The van der Waals surface area contributed by atoms with Gasteiger partial charge < -0.3 is 0 Å². The molecule has 0 aromatic rings. The van der Waals surface area contributed by atoms with Crippen LogP contribution >= 0.6 is 0 Å². The zero-order chi connectivity index (χ0) is 4.50. The first-order valence-electron chi connectivity index (χ1n) is 0.717. The quantitative estimate of drug-likeness (QED) is 0.381. The summed E-state index contributed by atoms with van der Waals surface area (Å²) in [6.07, 6.45) is 0. The molecule has 0 rings (SSSR count). The number of rotatable bonds is 0. The molecule has 0 unspecified atom stereocenters. The van der Waals surface area contributed by atoms with Crippen molar-refractivity contribution in [3.8, 4) is 0 Å². The van der Waals surface area contributed by atoms with Crippen molar-refractivity contribution in [3.63, 3.8) is 0 Å². The van der Waals surface area contributed by atoms with Gasteiger partial charge in [0.25, 0.3) is 0 Å². The first kappa shape index (κ1) is 16.8. The van der Waals surface area contributed by atoms with Gasteiger partial charge in [-0.25, -0.2) is 0 Å². The Bertz CT molecular complexity index is 59.1. The van der Waals surface area contributed by atoms with Crippen LogP contribution in [0.4, 0.5) is 3.47 Å². The smallest absolute Gasteiger partial charge is 1.00 e. The third-order valence-corrected chi connectivity index (χ3v) is 0. The first-order valence-corrected chi connectivity index (χ1v) is 3.72. The molecular formula is AsFK2O3. The van der Waals surface area contributed by atoms with Crippen LogP contribution in [0, 0.1) is 0 Å². The largest absolute Gasteiger partial charge is 1.00 e. The van der Waals surface area contributed by atoms with Crippen LogP contribution in [-0.4, -0.2) is 14.6 Å². The molecule has 0 radical (unpaired) electrons. The van der Waals surface area contributed by atoms with E-state index in [4.69, 9.17) is 11.9 Å². The van der Waals surface area contributed by atoms with Gasteiger partial charge in [0.15, 0.2) is 0 Å². The van der Waals surface area contributed by atoms with Crippen molar-refractivity contribution in [2.24, 2.45) is 0 Å². The average molecular weight is 220 g/mol. The Hall–Kier alpha value is 3.48. The minimum atomic E-state index is -6.12. The van der Waals surface area contributed by atoms with Gasteiger partial charge in [0.05, 0.1) is 0 Å². The van der Waals surface area contributed by atoms with Crippen LogP contribution in [0.1, 0.15) is 0 Å². The van der Waals surface area contributed by atoms with Crippen molar-refractivity contribution in [2.45, 2.75) is 0 Å². The van der Waals surface area contributed by atoms with E-state index in [-0.39, 0.29) is 103 Å². The molecule has 0 aliphatic heterocycles. The molecule has 7 heavy (non-hydrogen) atoms. The molecule has 0 aliphatic rings. The Morgan fingerprint density at radius 3 is 1.29 bits per heavy atom. The Labute approximate surface area is 129 Å². The fourth-order valence-electron chi connectivity index (χ4n) is 0. The topological polar surface area (TPSA) is 63.2 Å². The molecule has 0 aromatic heterocycles. The minimum Gasteiger partial charge on any atom is 1.00 e. The predicted octanol–water partition coefficient (Wildman–Crippen LogP) is -8.45. The third-order valence-electron chi connectivity index (χ3n) is 0. The van der Waals surface area contributed by atoms with Crippen LogP contribution in [0.5, 0.6) is 0 Å². The predicted molar refractivity (Wildman–Crippen MR) is 7.55 cm³/mol. The van der Waals surface area contributed by atoms with Crippen LogP contribution in [0.3, 0.4) is 0 Å². The molecule has 32 valence electrons. The van der Waals surface area contributed by atoms with Crippen molar-refractivity contribution >= 4 is 14.6 Å². The van der Waals surface area contributed by atoms with E-state index >= 15 is 0 Å². The van der Waals surface area contributed by atoms with E-state index in [1.165, 1.54) is 0 Å². The van der Waals surface area contributed by atoms with Crippen molar-refractivity contribution in [3.05, 3.63) is 0 Å². The summed E-state index contributed by atoms with van der Waals surface area (Å²) in [6, 6.07) is 0. The van der Waals surface area contributed by atoms with Gasteiger partial charge in [-0.2, -0.15) is 0 Å². The van der Waals surface area contributed by atoms with Gasteiger partial charge in [-0.3, -0.25) is 0 Å². The SMILES string of the molecule is O=[As]([O-])([O-])F.[K+].[K+]. The van der Waals surface area contributed by atoms with Crippen LogP contribution in [0.15, 0.2) is 0 Å². The summed E-state index contributed by atoms with van der Waals surface area (Å²) in [4.78, 5) is 0. The molecular weight excluding hydrogens is 220 g/mol. The summed E-state index contributed by atoms with van der Waals surface area (Å²) in [5, 5.41) is 0. The van der Waals surface area contributed by atoms with Crippen LogP contribution in [0.25, 0.3) is 0 Å². The van der Waals surface area contributed by atoms with Crippen molar-refractivity contribution in [2.75, 3.05) is 0 Å². The second-order valence-corrected chi connectivity index (χ2v) is 2.24. The fourth-order valence-corrected chi connectivity index (χ4v) is 0. The van der Waals surface area contributed by atoms with Gasteiger partial charge in [0.2, 0.25) is 0 Å². The summed E-state index contributed by atoms with van der Waals surface area (Å²) in [6.45, 7) is 0. The molecule has 0 heterocycles. The Balaban J connectivity index is -0.0000000800. The monoisotopic (exact) mass is 220 g/mol. The molecule has 0 saturated heterocycles. The molecule has 0 bridgehead atoms. The van der Waals surface area contributed by atoms with Crippen LogP contribution in [-0.2, 0) is 3.74 Å². The Morgan fingerprint density at radius 1 is 1.29 bits per heavy atom. The molecule has 0 spiro atoms. The fraction of sp³-hybridized carbons (Fsp3) is 0. The summed E-state index contributed by atoms with van der Waals surface area (Å²) >= 11 is -6.12. The van der Waals surface area contributed by atoms with E-state index in [1.54, 1.807) is 0 Å². The second kappa shape index (κ2) is 7.59. The van der Waals surface area contributed by atoms with Crippen molar-refractivity contribution < 1.29 is 118 Å². The summed E-state index contributed by atoms with van der Waals surface area (Å²) in [5.41, 5.74) is 0. The zero-order valence-electron chi connectivity index (χ0n) is 4.05. The van der Waals surface area contributed by atoms with Crippen molar-refractivity contribution in [1.29, 1.82) is 0 Å². The maximum Gasteiger partial charge on any atom is 1.00 e. The number of hydrogen-bond donors (Lipinski definition) is 0. The van der Waals surface area contributed by atoms with Gasteiger partial charge in [-0.15, -0.1) is 0 Å². The third kappa shape index (κ3) is 43.8. The summed E-state index contributed by atoms with van der Waals surface area (Å²) in [7, 11) is 0. The molecule has 7 heteroatoms. The van der Waals surface area contributed by atoms with Crippen LogP contribution in [0.2, 0.25) is 0 Å². The van der Waals surface area contributed by atoms with Gasteiger partial charge in [0.1, 0.15) is 0 Å². The summed E-state index contributed by atoms with van der Waals surface area (Å²) < 4.78 is 35.7. The van der Waals surface area contributed by atoms with Gasteiger partial charge in [-0.05, 0) is 0 Å². The molecule has 3 nitrogen and oxygen atoms in total. The van der Waals surface area contributed by atoms with Crippen LogP contribution < -0.4 is 111 Å². The van der Waals surface area contributed by atoms with Gasteiger partial charge >= 0.3 is 133 Å². The Kier molecular flexibility index (Phi) is 18.2. The maximum atomic E-state index is 10.2. The molecule has 0 aromatic carbocycles. The standard InChI is InChI=1S/AsFH2O3.2K/c2-1(3,4)5;;/h(H2,3,4,5);;/q;2*+1/p-2. The zero-order valence-corrected chi connectivity index (χ0v) is 12.2. The van der Waals surface area contributed by atoms with E-state index in [0.29, 0.717) is 0 Å². The van der Waals surface area contributed by atoms with E-state index in [2.05, 4.69) is 0 Å². The van der Waals surface area contributed by atoms with E-state index in [9.17, 15) is 3.47 Å². The molecule has 0 aliphatic carbocycles. The van der Waals surface area contributed by atoms with E-state index < -0.39 is 14.6 Å². The molecule has 0 fully saturated rings. The summed E-state index contributed by atoms with van der Waals surface area (Å²) in [5.74, 6) is 0. The maximum absolute atomic E-state index is 10.2. The Morgan fingerprint density at radius 2 is 1.29 bits per heavy atom. The molecule has 0 N–H and O–H groups in total. The van der Waals surface area contributed by atoms with E-state index in [1.807, 2.05) is 0 Å². The minimum absolute atomic E-state index is 0. The molecule has 0 saturated carbocycles.